The summed E-state index contributed by atoms with van der Waals surface area (Å²) in [5.74, 6) is 0.618. The van der Waals surface area contributed by atoms with Gasteiger partial charge in [-0.3, -0.25) is 10.1 Å². The second kappa shape index (κ2) is 8.73. The molecule has 140 valence electrons. The molecule has 6 nitrogen and oxygen atoms in total. The zero-order valence-electron chi connectivity index (χ0n) is 15.4. The molecule has 1 N–H and O–H groups in total. The molecule has 1 amide bonds. The Labute approximate surface area is 162 Å². The molecule has 0 bridgehead atoms. The van der Waals surface area contributed by atoms with E-state index in [1.807, 2.05) is 55.5 Å². The fourth-order valence-electron chi connectivity index (χ4n) is 2.30. The zero-order chi connectivity index (χ0) is 19.2. The average Bonchev–Trinajstić information content (AvgIpc) is 3.09. The van der Waals surface area contributed by atoms with Crippen LogP contribution in [0.25, 0.3) is 11.5 Å². The Bertz CT molecular complexity index is 907. The van der Waals surface area contributed by atoms with E-state index in [9.17, 15) is 4.79 Å². The van der Waals surface area contributed by atoms with Gasteiger partial charge in [-0.05, 0) is 37.3 Å². The van der Waals surface area contributed by atoms with Crippen molar-refractivity contribution in [3.63, 3.8) is 0 Å². The first kappa shape index (κ1) is 19.0. The fourth-order valence-corrected chi connectivity index (χ4v) is 3.20. The molecule has 0 aliphatic carbocycles. The van der Waals surface area contributed by atoms with Crippen LogP contribution in [0.15, 0.2) is 57.8 Å². The lowest BCUT2D eigenvalue weighted by Crippen LogP contribution is -2.20. The van der Waals surface area contributed by atoms with Crippen LogP contribution in [0.1, 0.15) is 19.4 Å². The molecule has 1 aromatic heterocycles. The predicted molar refractivity (Wildman–Crippen MR) is 106 cm³/mol. The third kappa shape index (κ3) is 5.59. The molecular formula is C20H21N3O3S. The predicted octanol–water partition coefficient (Wildman–Crippen LogP) is 4.56. The highest BCUT2D eigenvalue weighted by molar-refractivity contribution is 7.99. The molecular weight excluding hydrogens is 362 g/mol. The van der Waals surface area contributed by atoms with E-state index in [-0.39, 0.29) is 18.5 Å². The summed E-state index contributed by atoms with van der Waals surface area (Å²) in [6.45, 7) is 6.12. The van der Waals surface area contributed by atoms with Crippen LogP contribution in [0, 0.1) is 6.92 Å². The highest BCUT2D eigenvalue weighted by Crippen LogP contribution is 2.28. The minimum absolute atomic E-state index is 0.0458. The number of hydrogen-bond acceptors (Lipinski definition) is 6. The maximum atomic E-state index is 12.0. The molecule has 0 saturated carbocycles. The van der Waals surface area contributed by atoms with Crippen molar-refractivity contribution in [1.82, 2.24) is 10.2 Å². The van der Waals surface area contributed by atoms with Gasteiger partial charge >= 0.3 is 6.01 Å². The molecule has 0 fully saturated rings. The molecule has 0 atom stereocenters. The summed E-state index contributed by atoms with van der Waals surface area (Å²) in [7, 11) is 0. The minimum Gasteiger partial charge on any atom is -0.484 e. The van der Waals surface area contributed by atoms with Crippen LogP contribution in [0.4, 0.5) is 6.01 Å². The van der Waals surface area contributed by atoms with Crippen LogP contribution < -0.4 is 10.1 Å². The van der Waals surface area contributed by atoms with Gasteiger partial charge < -0.3 is 9.15 Å². The molecule has 1 heterocycles. The van der Waals surface area contributed by atoms with Gasteiger partial charge in [0.05, 0.1) is 0 Å². The summed E-state index contributed by atoms with van der Waals surface area (Å²) in [5, 5.41) is 10.9. The van der Waals surface area contributed by atoms with Gasteiger partial charge in [0.15, 0.2) is 6.61 Å². The Kier molecular flexibility index (Phi) is 6.13. The first-order chi connectivity index (χ1) is 13.0. The highest BCUT2D eigenvalue weighted by atomic mass is 32.2. The van der Waals surface area contributed by atoms with Gasteiger partial charge in [0.1, 0.15) is 5.75 Å². The molecule has 7 heteroatoms. The van der Waals surface area contributed by atoms with Crippen molar-refractivity contribution in [1.29, 1.82) is 0 Å². The van der Waals surface area contributed by atoms with Crippen LogP contribution in [-0.2, 0) is 4.79 Å². The number of anilines is 1. The Morgan fingerprint density at radius 2 is 1.96 bits per heavy atom. The summed E-state index contributed by atoms with van der Waals surface area (Å²) in [6.07, 6.45) is 0. The molecule has 3 aromatic rings. The standard InChI is InChI=1S/C20H21N3O3S/c1-13(2)27-17-6-4-5-15(11-17)19-22-23-20(26-19)21-18(24)12-25-16-9-7-14(3)8-10-16/h4-11,13H,12H2,1-3H3,(H,21,23,24). The Morgan fingerprint density at radius 1 is 1.19 bits per heavy atom. The highest BCUT2D eigenvalue weighted by Gasteiger charge is 2.12. The van der Waals surface area contributed by atoms with Crippen molar-refractivity contribution < 1.29 is 13.9 Å². The number of benzene rings is 2. The number of hydrogen-bond donors (Lipinski definition) is 1. The molecule has 2 aromatic carbocycles. The van der Waals surface area contributed by atoms with Crippen molar-refractivity contribution in [2.45, 2.75) is 30.9 Å². The number of amides is 1. The quantitative estimate of drug-likeness (QED) is 0.603. The molecule has 0 unspecified atom stereocenters. The zero-order valence-corrected chi connectivity index (χ0v) is 16.2. The van der Waals surface area contributed by atoms with Gasteiger partial charge in [-0.15, -0.1) is 16.9 Å². The summed E-state index contributed by atoms with van der Waals surface area (Å²) in [6, 6.07) is 15.4. The van der Waals surface area contributed by atoms with E-state index in [1.165, 1.54) is 0 Å². The van der Waals surface area contributed by atoms with Crippen molar-refractivity contribution in [3.05, 3.63) is 54.1 Å². The number of aryl methyl sites for hydroxylation is 1. The lowest BCUT2D eigenvalue weighted by molar-refractivity contribution is -0.118. The van der Waals surface area contributed by atoms with Crippen LogP contribution in [0.2, 0.25) is 0 Å². The summed E-state index contributed by atoms with van der Waals surface area (Å²) in [5.41, 5.74) is 1.94. The number of nitrogens with zero attached hydrogens (tertiary/aromatic N) is 2. The van der Waals surface area contributed by atoms with E-state index < -0.39 is 0 Å². The van der Waals surface area contributed by atoms with Crippen molar-refractivity contribution >= 4 is 23.7 Å². The van der Waals surface area contributed by atoms with E-state index in [1.54, 1.807) is 11.8 Å². The maximum absolute atomic E-state index is 12.0. The SMILES string of the molecule is Cc1ccc(OCC(=O)Nc2nnc(-c3cccc(SC(C)C)c3)o2)cc1. The number of carbonyl (C=O) groups excluding carboxylic acids is 1. The molecule has 0 aliphatic heterocycles. The molecule has 0 aliphatic rings. The third-order valence-electron chi connectivity index (χ3n) is 3.52. The lowest BCUT2D eigenvalue weighted by Gasteiger charge is -2.06. The van der Waals surface area contributed by atoms with Crippen molar-refractivity contribution in [2.75, 3.05) is 11.9 Å². The van der Waals surface area contributed by atoms with E-state index in [4.69, 9.17) is 9.15 Å². The topological polar surface area (TPSA) is 77.2 Å². The first-order valence-corrected chi connectivity index (χ1v) is 9.47. The fraction of sp³-hybridized carbons (Fsp3) is 0.250. The lowest BCUT2D eigenvalue weighted by atomic mass is 10.2. The molecule has 0 radical (unpaired) electrons. The number of carbonyl (C=O) groups is 1. The van der Waals surface area contributed by atoms with Crippen LogP contribution in [0.5, 0.6) is 5.75 Å². The molecule has 0 spiro atoms. The Morgan fingerprint density at radius 3 is 2.70 bits per heavy atom. The van der Waals surface area contributed by atoms with Gasteiger partial charge in [0.2, 0.25) is 5.89 Å². The van der Waals surface area contributed by atoms with Gasteiger partial charge in [0, 0.05) is 15.7 Å². The van der Waals surface area contributed by atoms with E-state index in [0.29, 0.717) is 16.9 Å². The number of nitrogens with one attached hydrogen (secondary N) is 1. The second-order valence-electron chi connectivity index (χ2n) is 6.26. The van der Waals surface area contributed by atoms with Crippen molar-refractivity contribution in [3.8, 4) is 17.2 Å². The van der Waals surface area contributed by atoms with E-state index in [2.05, 4.69) is 29.4 Å². The van der Waals surface area contributed by atoms with Crippen LogP contribution in [0.3, 0.4) is 0 Å². The minimum atomic E-state index is -0.366. The number of thioether (sulfide) groups is 1. The summed E-state index contributed by atoms with van der Waals surface area (Å²) < 4.78 is 11.0. The van der Waals surface area contributed by atoms with Gasteiger partial charge in [-0.2, -0.15) is 0 Å². The van der Waals surface area contributed by atoms with Crippen LogP contribution >= 0.6 is 11.8 Å². The maximum Gasteiger partial charge on any atom is 0.322 e. The Hall–Kier alpha value is -2.80. The number of rotatable bonds is 7. The smallest absolute Gasteiger partial charge is 0.322 e. The first-order valence-electron chi connectivity index (χ1n) is 8.59. The van der Waals surface area contributed by atoms with Gasteiger partial charge in [-0.1, -0.05) is 42.7 Å². The summed E-state index contributed by atoms with van der Waals surface area (Å²) >= 11 is 1.75. The number of ether oxygens (including phenoxy) is 1. The van der Waals surface area contributed by atoms with Gasteiger partial charge in [-0.25, -0.2) is 0 Å². The van der Waals surface area contributed by atoms with E-state index in [0.717, 1.165) is 16.0 Å². The second-order valence-corrected chi connectivity index (χ2v) is 7.91. The molecule has 27 heavy (non-hydrogen) atoms. The van der Waals surface area contributed by atoms with Crippen LogP contribution in [-0.4, -0.2) is 28.0 Å². The summed E-state index contributed by atoms with van der Waals surface area (Å²) in [4.78, 5) is 13.1. The monoisotopic (exact) mass is 383 g/mol. The third-order valence-corrected chi connectivity index (χ3v) is 4.51. The van der Waals surface area contributed by atoms with Gasteiger partial charge in [0.25, 0.3) is 5.91 Å². The molecule has 0 saturated heterocycles. The average molecular weight is 383 g/mol. The Balaban J connectivity index is 1.59. The van der Waals surface area contributed by atoms with Crippen molar-refractivity contribution in [2.24, 2.45) is 0 Å². The number of aromatic nitrogens is 2. The van der Waals surface area contributed by atoms with E-state index >= 15 is 0 Å². The molecule has 3 rings (SSSR count). The largest absolute Gasteiger partial charge is 0.484 e. The normalized spacial score (nSPS) is 10.8.